The Bertz CT molecular complexity index is 1000. The van der Waals surface area contributed by atoms with E-state index in [9.17, 15) is 32.7 Å². The van der Waals surface area contributed by atoms with Gasteiger partial charge < -0.3 is 19.5 Å². The second-order valence-corrected chi connectivity index (χ2v) is 9.05. The van der Waals surface area contributed by atoms with Gasteiger partial charge in [0.1, 0.15) is 10.1 Å². The van der Waals surface area contributed by atoms with Gasteiger partial charge in [0.05, 0.1) is 27.2 Å². The molecule has 13 nitrogen and oxygen atoms in total. The Hall–Kier alpha value is -3.03. The van der Waals surface area contributed by atoms with Gasteiger partial charge in [-0.1, -0.05) is 5.21 Å². The van der Waals surface area contributed by atoms with Crippen molar-refractivity contribution in [2.75, 3.05) is 14.2 Å². The molecule has 3 atom stereocenters. The largest absolute Gasteiger partial charge is 0.480 e. The number of β-lactam (4-membered cyclic amide) rings is 1. The van der Waals surface area contributed by atoms with E-state index in [4.69, 9.17) is 0 Å². The molecule has 28 heavy (non-hydrogen) atoms. The third-order valence-corrected chi connectivity index (χ3v) is 7.76. The number of rotatable bonds is 5. The summed E-state index contributed by atoms with van der Waals surface area (Å²) in [4.78, 5) is 48.4. The smallest absolute Gasteiger partial charge is 0.361 e. The Kier molecular flexibility index (Phi) is 4.41. The topological polar surface area (TPSA) is 175 Å². The molecule has 2 saturated heterocycles. The van der Waals surface area contributed by atoms with Crippen LogP contribution in [0.4, 0.5) is 0 Å². The SMILES string of the molecule is COC(=O)c1nnn(C[C@@]2(C)[C@H](C(=O)O)N3C(=O)C[C@H]3S2(=O)=O)c1C(=O)OC. The summed E-state index contributed by atoms with van der Waals surface area (Å²) < 4.78 is 33.8. The van der Waals surface area contributed by atoms with Gasteiger partial charge in [0.15, 0.2) is 21.6 Å². The molecule has 0 bridgehead atoms. The number of carboxylic acid groups (broad SMARTS) is 1. The molecule has 1 N–H and O–H groups in total. The van der Waals surface area contributed by atoms with Gasteiger partial charge in [0.25, 0.3) is 0 Å². The normalized spacial score (nSPS) is 27.7. The summed E-state index contributed by atoms with van der Waals surface area (Å²) in [6.45, 7) is 0.494. The van der Waals surface area contributed by atoms with Crippen LogP contribution in [0.25, 0.3) is 0 Å². The van der Waals surface area contributed by atoms with Crippen molar-refractivity contribution in [1.29, 1.82) is 0 Å². The van der Waals surface area contributed by atoms with Crippen molar-refractivity contribution < 1.29 is 42.2 Å². The zero-order chi connectivity index (χ0) is 21.0. The molecule has 152 valence electrons. The maximum absolute atomic E-state index is 13.0. The summed E-state index contributed by atoms with van der Waals surface area (Å²) in [5.74, 6) is -4.18. The molecule has 1 amide bonds. The molecule has 3 rings (SSSR count). The lowest BCUT2D eigenvalue weighted by molar-refractivity contribution is -0.157. The highest BCUT2D eigenvalue weighted by molar-refractivity contribution is 7.93. The number of fused-ring (bicyclic) bond motifs is 1. The molecule has 2 aliphatic rings. The van der Waals surface area contributed by atoms with E-state index in [1.165, 1.54) is 0 Å². The fraction of sp³-hybridized carbons (Fsp3) is 0.571. The van der Waals surface area contributed by atoms with Crippen molar-refractivity contribution >= 4 is 33.7 Å². The number of sulfone groups is 1. The predicted octanol–water partition coefficient (Wildman–Crippen LogP) is -1.95. The molecule has 0 spiro atoms. The van der Waals surface area contributed by atoms with E-state index in [0.29, 0.717) is 0 Å². The minimum Gasteiger partial charge on any atom is -0.480 e. The quantitative estimate of drug-likeness (QED) is 0.417. The van der Waals surface area contributed by atoms with Crippen molar-refractivity contribution in [3.63, 3.8) is 0 Å². The molecule has 0 unspecified atom stereocenters. The Balaban J connectivity index is 2.13. The summed E-state index contributed by atoms with van der Waals surface area (Å²) in [7, 11) is -2.08. The van der Waals surface area contributed by atoms with E-state index in [0.717, 1.165) is 30.7 Å². The summed E-state index contributed by atoms with van der Waals surface area (Å²) in [5, 5.41) is 15.5. The molecular formula is C14H16N4O9S. The molecule has 1 aromatic heterocycles. The number of ether oxygens (including phenoxy) is 2. The Morgan fingerprint density at radius 2 is 1.86 bits per heavy atom. The number of nitrogens with zero attached hydrogens (tertiary/aromatic N) is 4. The number of carboxylic acids is 1. The Morgan fingerprint density at radius 3 is 2.36 bits per heavy atom. The van der Waals surface area contributed by atoms with E-state index in [1.807, 2.05) is 0 Å². The van der Waals surface area contributed by atoms with Gasteiger partial charge in [0, 0.05) is 0 Å². The fourth-order valence-electron chi connectivity index (χ4n) is 3.54. The summed E-state index contributed by atoms with van der Waals surface area (Å²) in [5.41, 5.74) is -1.00. The highest BCUT2D eigenvalue weighted by Crippen LogP contribution is 2.46. The number of amides is 1. The third-order valence-electron chi connectivity index (χ3n) is 5.00. The van der Waals surface area contributed by atoms with Crippen LogP contribution < -0.4 is 0 Å². The lowest BCUT2D eigenvalue weighted by Gasteiger charge is -2.35. The number of carbonyl (C=O) groups excluding carboxylic acids is 3. The van der Waals surface area contributed by atoms with Crippen LogP contribution in [0.15, 0.2) is 0 Å². The summed E-state index contributed by atoms with van der Waals surface area (Å²) in [6.07, 6.45) is -0.323. The fourth-order valence-corrected chi connectivity index (χ4v) is 5.89. The molecule has 0 aromatic carbocycles. The molecule has 3 heterocycles. The van der Waals surface area contributed by atoms with Gasteiger partial charge in [-0.05, 0) is 6.92 Å². The lowest BCUT2D eigenvalue weighted by atomic mass is 9.96. The first-order valence-corrected chi connectivity index (χ1v) is 9.43. The Labute approximate surface area is 158 Å². The lowest BCUT2D eigenvalue weighted by Crippen LogP contribution is -2.58. The van der Waals surface area contributed by atoms with Gasteiger partial charge in [-0.2, -0.15) is 0 Å². The van der Waals surface area contributed by atoms with E-state index < -0.39 is 67.7 Å². The molecule has 2 fully saturated rings. The van der Waals surface area contributed by atoms with Crippen molar-refractivity contribution in [2.24, 2.45) is 0 Å². The number of methoxy groups -OCH3 is 2. The number of esters is 2. The Morgan fingerprint density at radius 1 is 1.25 bits per heavy atom. The highest BCUT2D eigenvalue weighted by atomic mass is 32.2. The van der Waals surface area contributed by atoms with E-state index in [1.54, 1.807) is 0 Å². The average Bonchev–Trinajstić information content (AvgIpc) is 3.09. The maximum atomic E-state index is 13.0. The first kappa shape index (κ1) is 19.7. The van der Waals surface area contributed by atoms with E-state index in [2.05, 4.69) is 19.8 Å². The standard InChI is InChI=1S/C14H16N4O9S/c1-14(10(11(20)21)18-6(19)4-7(18)28(14,24)25)5-17-9(13(23)27-3)8(15-16-17)12(22)26-2/h7,10H,4-5H2,1-3H3,(H,20,21)/t7-,10+,14+/m1/s1. The number of carbonyl (C=O) groups is 4. The zero-order valence-corrected chi connectivity index (χ0v) is 15.8. The van der Waals surface area contributed by atoms with Gasteiger partial charge in [0.2, 0.25) is 11.6 Å². The molecule has 0 saturated carbocycles. The van der Waals surface area contributed by atoms with Crippen molar-refractivity contribution in [3.8, 4) is 0 Å². The monoisotopic (exact) mass is 416 g/mol. The third kappa shape index (κ3) is 2.40. The summed E-state index contributed by atoms with van der Waals surface area (Å²) >= 11 is 0. The van der Waals surface area contributed by atoms with Crippen LogP contribution in [0.2, 0.25) is 0 Å². The van der Waals surface area contributed by atoms with Crippen molar-refractivity contribution in [2.45, 2.75) is 36.1 Å². The van der Waals surface area contributed by atoms with Gasteiger partial charge in [-0.3, -0.25) is 4.79 Å². The number of aromatic nitrogens is 3. The summed E-state index contributed by atoms with van der Waals surface area (Å²) in [6, 6.07) is -1.69. The van der Waals surface area contributed by atoms with E-state index in [-0.39, 0.29) is 6.42 Å². The van der Waals surface area contributed by atoms with Gasteiger partial charge >= 0.3 is 17.9 Å². The van der Waals surface area contributed by atoms with Crippen LogP contribution in [-0.2, 0) is 35.4 Å². The van der Waals surface area contributed by atoms with Crippen molar-refractivity contribution in [3.05, 3.63) is 11.4 Å². The minimum absolute atomic E-state index is 0.323. The van der Waals surface area contributed by atoms with Gasteiger partial charge in [-0.25, -0.2) is 27.5 Å². The van der Waals surface area contributed by atoms with Crippen LogP contribution in [0.1, 0.15) is 34.3 Å². The molecule has 1 aromatic rings. The molecule has 0 radical (unpaired) electrons. The van der Waals surface area contributed by atoms with Gasteiger partial charge in [-0.15, -0.1) is 5.10 Å². The maximum Gasteiger partial charge on any atom is 0.361 e. The van der Waals surface area contributed by atoms with Crippen molar-refractivity contribution in [1.82, 2.24) is 19.9 Å². The average molecular weight is 416 g/mol. The second kappa shape index (κ2) is 6.25. The van der Waals surface area contributed by atoms with Crippen LogP contribution in [-0.4, -0.2) is 87.6 Å². The van der Waals surface area contributed by atoms with Crippen LogP contribution >= 0.6 is 0 Å². The molecule has 0 aliphatic carbocycles. The first-order valence-electron chi connectivity index (χ1n) is 7.88. The number of aliphatic carboxylic acids is 1. The zero-order valence-electron chi connectivity index (χ0n) is 15.0. The number of hydrogen-bond donors (Lipinski definition) is 1. The minimum atomic E-state index is -4.15. The molecule has 14 heteroatoms. The molecule has 2 aliphatic heterocycles. The second-order valence-electron chi connectivity index (χ2n) is 6.49. The van der Waals surface area contributed by atoms with Crippen LogP contribution in [0.5, 0.6) is 0 Å². The van der Waals surface area contributed by atoms with Crippen LogP contribution in [0.3, 0.4) is 0 Å². The first-order chi connectivity index (χ1) is 13.0. The highest BCUT2D eigenvalue weighted by Gasteiger charge is 2.70. The number of hydrogen-bond acceptors (Lipinski definition) is 10. The predicted molar refractivity (Wildman–Crippen MR) is 86.7 cm³/mol. The van der Waals surface area contributed by atoms with Crippen LogP contribution in [0, 0.1) is 0 Å². The molecular weight excluding hydrogens is 400 g/mol. The van der Waals surface area contributed by atoms with E-state index >= 15 is 0 Å².